The van der Waals surface area contributed by atoms with Crippen LogP contribution < -0.4 is 4.90 Å². The topological polar surface area (TPSA) is 49.3 Å². The van der Waals surface area contributed by atoms with Gasteiger partial charge in [-0.15, -0.1) is 0 Å². The molecule has 2 aliphatic rings. The third-order valence-electron chi connectivity index (χ3n) is 6.19. The molecule has 2 fully saturated rings. The third-order valence-corrected chi connectivity index (χ3v) is 7.01. The summed E-state index contributed by atoms with van der Waals surface area (Å²) in [7, 11) is 0. The molecule has 1 aliphatic heterocycles. The monoisotopic (exact) mass is 416 g/mol. The van der Waals surface area contributed by atoms with Crippen molar-refractivity contribution in [3.05, 3.63) is 41.5 Å². The third kappa shape index (κ3) is 5.13. The molecule has 2 heterocycles. The van der Waals surface area contributed by atoms with Crippen LogP contribution in [0.2, 0.25) is 0 Å². The smallest absolute Gasteiger partial charge is 0.222 e. The Morgan fingerprint density at radius 3 is 2.69 bits per heavy atom. The zero-order valence-electron chi connectivity index (χ0n) is 17.0. The second kappa shape index (κ2) is 9.20. The van der Waals surface area contributed by atoms with Gasteiger partial charge in [-0.2, -0.15) is 4.37 Å². The normalized spacial score (nSPS) is 20.4. The molecule has 1 amide bonds. The van der Waals surface area contributed by atoms with Crippen molar-refractivity contribution in [3.63, 3.8) is 0 Å². The predicted octanol–water partition coefficient (Wildman–Crippen LogP) is 4.28. The van der Waals surface area contributed by atoms with E-state index < -0.39 is 0 Å². The Kier molecular flexibility index (Phi) is 6.43. The number of halogens is 1. The largest absolute Gasteiger partial charge is 0.343 e. The second-order valence-corrected chi connectivity index (χ2v) is 9.10. The molecule has 1 aliphatic carbocycles. The number of rotatable bonds is 6. The van der Waals surface area contributed by atoms with E-state index in [1.54, 1.807) is 12.1 Å². The first-order chi connectivity index (χ1) is 14.1. The summed E-state index contributed by atoms with van der Waals surface area (Å²) >= 11 is 1.40. The van der Waals surface area contributed by atoms with E-state index in [9.17, 15) is 9.18 Å². The van der Waals surface area contributed by atoms with E-state index in [1.165, 1.54) is 49.3 Å². The molecule has 5 nitrogen and oxygen atoms in total. The number of hydrogen-bond donors (Lipinski definition) is 0. The number of carbonyl (C=O) groups is 1. The number of nitrogens with zero attached hydrogens (tertiary/aromatic N) is 4. The Bertz CT molecular complexity index is 818. The molecule has 1 saturated heterocycles. The maximum atomic E-state index is 13.1. The molecule has 7 heteroatoms. The van der Waals surface area contributed by atoms with E-state index in [1.807, 2.05) is 4.90 Å². The molecular weight excluding hydrogens is 387 g/mol. The van der Waals surface area contributed by atoms with Crippen LogP contribution in [0.5, 0.6) is 0 Å². The standard InChI is InChI=1S/C22H29FN4OS/c1-16-15-26(12-13-27(16)21(28)11-8-17-4-2-3-5-17)22-24-20(25-29-22)14-18-6-9-19(23)10-7-18/h6-7,9-10,16-17H,2-5,8,11-15H2,1H3. The van der Waals surface area contributed by atoms with Gasteiger partial charge in [0.15, 0.2) is 0 Å². The predicted molar refractivity (Wildman–Crippen MR) is 114 cm³/mol. The number of hydrogen-bond acceptors (Lipinski definition) is 5. The molecule has 156 valence electrons. The Labute approximate surface area is 176 Å². The Morgan fingerprint density at radius 1 is 1.21 bits per heavy atom. The molecule has 1 atom stereocenters. The van der Waals surface area contributed by atoms with Crippen molar-refractivity contribution in [1.82, 2.24) is 14.3 Å². The fourth-order valence-electron chi connectivity index (χ4n) is 4.50. The van der Waals surface area contributed by atoms with Crippen molar-refractivity contribution in [2.45, 2.75) is 57.9 Å². The van der Waals surface area contributed by atoms with Gasteiger partial charge in [-0.25, -0.2) is 9.37 Å². The van der Waals surface area contributed by atoms with Gasteiger partial charge in [0, 0.05) is 50.1 Å². The Balaban J connectivity index is 1.29. The van der Waals surface area contributed by atoms with E-state index in [4.69, 9.17) is 0 Å². The fourth-order valence-corrected chi connectivity index (χ4v) is 5.22. The zero-order chi connectivity index (χ0) is 20.2. The van der Waals surface area contributed by atoms with Crippen molar-refractivity contribution in [2.75, 3.05) is 24.5 Å². The summed E-state index contributed by atoms with van der Waals surface area (Å²) in [5.41, 5.74) is 1.00. The van der Waals surface area contributed by atoms with Crippen molar-refractivity contribution < 1.29 is 9.18 Å². The zero-order valence-corrected chi connectivity index (χ0v) is 17.8. The SMILES string of the molecule is CC1CN(c2nc(Cc3ccc(F)cc3)ns2)CCN1C(=O)CCC1CCCC1. The van der Waals surface area contributed by atoms with E-state index >= 15 is 0 Å². The molecular formula is C22H29FN4OS. The van der Waals surface area contributed by atoms with Gasteiger partial charge in [-0.3, -0.25) is 4.79 Å². The minimum Gasteiger partial charge on any atom is -0.343 e. The summed E-state index contributed by atoms with van der Waals surface area (Å²) in [4.78, 5) is 21.7. The number of carbonyl (C=O) groups excluding carboxylic acids is 1. The summed E-state index contributed by atoms with van der Waals surface area (Å²) in [6.07, 6.45) is 7.61. The van der Waals surface area contributed by atoms with Gasteiger partial charge in [-0.05, 0) is 37.0 Å². The molecule has 4 rings (SSSR count). The number of anilines is 1. The van der Waals surface area contributed by atoms with Gasteiger partial charge in [0.2, 0.25) is 11.0 Å². The molecule has 1 unspecified atom stereocenters. The molecule has 0 radical (unpaired) electrons. The molecule has 1 aromatic carbocycles. The van der Waals surface area contributed by atoms with Gasteiger partial charge >= 0.3 is 0 Å². The van der Waals surface area contributed by atoms with E-state index in [0.717, 1.165) is 48.5 Å². The highest BCUT2D eigenvalue weighted by Crippen LogP contribution is 2.29. The number of aromatic nitrogens is 2. The highest BCUT2D eigenvalue weighted by atomic mass is 32.1. The minimum absolute atomic E-state index is 0.185. The van der Waals surface area contributed by atoms with Crippen LogP contribution in [0.4, 0.5) is 9.52 Å². The highest BCUT2D eigenvalue weighted by Gasteiger charge is 2.29. The summed E-state index contributed by atoms with van der Waals surface area (Å²) in [6.45, 7) is 4.46. The molecule has 2 aromatic rings. The average Bonchev–Trinajstić information content (AvgIpc) is 3.40. The minimum atomic E-state index is -0.231. The second-order valence-electron chi connectivity index (χ2n) is 8.37. The quantitative estimate of drug-likeness (QED) is 0.705. The number of piperazine rings is 1. The summed E-state index contributed by atoms with van der Waals surface area (Å²) < 4.78 is 17.5. The van der Waals surface area contributed by atoms with Crippen LogP contribution in [0.25, 0.3) is 0 Å². The van der Waals surface area contributed by atoms with Gasteiger partial charge in [0.05, 0.1) is 0 Å². The van der Waals surface area contributed by atoms with Crippen molar-refractivity contribution in [2.24, 2.45) is 5.92 Å². The lowest BCUT2D eigenvalue weighted by atomic mass is 10.0. The van der Waals surface area contributed by atoms with Crippen molar-refractivity contribution >= 4 is 22.6 Å². The van der Waals surface area contributed by atoms with Gasteiger partial charge in [0.1, 0.15) is 11.6 Å². The van der Waals surface area contributed by atoms with Gasteiger partial charge in [-0.1, -0.05) is 37.8 Å². The lowest BCUT2D eigenvalue weighted by Gasteiger charge is -2.39. The van der Waals surface area contributed by atoms with Crippen LogP contribution in [0.1, 0.15) is 56.8 Å². The average molecular weight is 417 g/mol. The van der Waals surface area contributed by atoms with Crippen LogP contribution in [0.3, 0.4) is 0 Å². The molecule has 0 bridgehead atoms. The van der Waals surface area contributed by atoms with Gasteiger partial charge in [0.25, 0.3) is 0 Å². The molecule has 1 saturated carbocycles. The van der Waals surface area contributed by atoms with Crippen LogP contribution in [-0.2, 0) is 11.2 Å². The van der Waals surface area contributed by atoms with Crippen LogP contribution in [-0.4, -0.2) is 45.8 Å². The first-order valence-corrected chi connectivity index (χ1v) is 11.5. The van der Waals surface area contributed by atoms with Crippen LogP contribution in [0, 0.1) is 11.7 Å². The fraction of sp³-hybridized carbons (Fsp3) is 0.591. The molecule has 1 aromatic heterocycles. The maximum absolute atomic E-state index is 13.1. The molecule has 0 spiro atoms. The lowest BCUT2D eigenvalue weighted by molar-refractivity contribution is -0.133. The summed E-state index contributed by atoms with van der Waals surface area (Å²) in [5, 5.41) is 0.909. The summed E-state index contributed by atoms with van der Waals surface area (Å²) in [6, 6.07) is 6.66. The Morgan fingerprint density at radius 2 is 1.97 bits per heavy atom. The summed E-state index contributed by atoms with van der Waals surface area (Å²) in [5.74, 6) is 1.60. The first-order valence-electron chi connectivity index (χ1n) is 10.7. The van der Waals surface area contributed by atoms with Crippen LogP contribution in [0.15, 0.2) is 24.3 Å². The van der Waals surface area contributed by atoms with Crippen molar-refractivity contribution in [1.29, 1.82) is 0 Å². The van der Waals surface area contributed by atoms with Crippen molar-refractivity contribution in [3.8, 4) is 0 Å². The van der Waals surface area contributed by atoms with E-state index in [2.05, 4.69) is 21.2 Å². The lowest BCUT2D eigenvalue weighted by Crippen LogP contribution is -2.54. The molecule has 29 heavy (non-hydrogen) atoms. The first kappa shape index (κ1) is 20.3. The number of amides is 1. The molecule has 0 N–H and O–H groups in total. The van der Waals surface area contributed by atoms with Gasteiger partial charge < -0.3 is 9.80 Å². The Hall–Kier alpha value is -2.02. The van der Waals surface area contributed by atoms with E-state index in [-0.39, 0.29) is 11.9 Å². The van der Waals surface area contributed by atoms with E-state index in [0.29, 0.717) is 18.7 Å². The highest BCUT2D eigenvalue weighted by molar-refractivity contribution is 7.09. The number of benzene rings is 1. The van der Waals surface area contributed by atoms with Crippen LogP contribution >= 0.6 is 11.5 Å². The maximum Gasteiger partial charge on any atom is 0.222 e.